The molecule has 1 amide bonds. The van der Waals surface area contributed by atoms with Crippen molar-refractivity contribution in [3.8, 4) is 0 Å². The summed E-state index contributed by atoms with van der Waals surface area (Å²) in [6.45, 7) is 10.7. The molecule has 0 radical (unpaired) electrons. The third kappa shape index (κ3) is 4.71. The summed E-state index contributed by atoms with van der Waals surface area (Å²) in [7, 11) is 0. The van der Waals surface area contributed by atoms with Gasteiger partial charge in [0.25, 0.3) is 0 Å². The quantitative estimate of drug-likeness (QED) is 0.830. The van der Waals surface area contributed by atoms with E-state index in [2.05, 4.69) is 26.1 Å². The fourth-order valence-corrected chi connectivity index (χ4v) is 1.81. The molecule has 1 rings (SSSR count). The van der Waals surface area contributed by atoms with Gasteiger partial charge in [0.1, 0.15) is 6.54 Å². The van der Waals surface area contributed by atoms with E-state index in [4.69, 9.17) is 5.73 Å². The molecule has 0 spiro atoms. The Balaban J connectivity index is 2.61. The van der Waals surface area contributed by atoms with Crippen LogP contribution in [0.4, 0.5) is 0 Å². The fourth-order valence-electron chi connectivity index (χ4n) is 1.81. The highest BCUT2D eigenvalue weighted by Gasteiger charge is 2.18. The number of hydrogen-bond donors (Lipinski definition) is 2. The Kier molecular flexibility index (Phi) is 5.18. The van der Waals surface area contributed by atoms with Crippen molar-refractivity contribution in [1.82, 2.24) is 9.88 Å². The van der Waals surface area contributed by atoms with Gasteiger partial charge in [0.2, 0.25) is 5.91 Å². The van der Waals surface area contributed by atoms with E-state index in [1.807, 2.05) is 36.9 Å². The number of nitrogens with two attached hydrogens (primary N) is 1. The van der Waals surface area contributed by atoms with E-state index in [0.717, 1.165) is 12.0 Å². The molecular formula is C15H27N3O. The SMILES string of the molecule is CCC(C)(C)NC(=O)Cn1ccc(C(N)C(C)C)c1. The normalized spacial score (nSPS) is 13.6. The number of rotatable bonds is 6. The van der Waals surface area contributed by atoms with Crippen molar-refractivity contribution in [3.05, 3.63) is 24.0 Å². The highest BCUT2D eigenvalue weighted by molar-refractivity contribution is 5.76. The molecule has 1 aromatic rings. The minimum atomic E-state index is -0.151. The number of nitrogens with zero attached hydrogens (tertiary/aromatic N) is 1. The van der Waals surface area contributed by atoms with Gasteiger partial charge in [-0.25, -0.2) is 0 Å². The predicted octanol–water partition coefficient (Wildman–Crippen LogP) is 2.45. The zero-order valence-electron chi connectivity index (χ0n) is 12.7. The largest absolute Gasteiger partial charge is 0.350 e. The Labute approximate surface area is 116 Å². The van der Waals surface area contributed by atoms with Gasteiger partial charge < -0.3 is 15.6 Å². The molecule has 1 heterocycles. The van der Waals surface area contributed by atoms with Crippen molar-refractivity contribution in [1.29, 1.82) is 0 Å². The Hall–Kier alpha value is -1.29. The Bertz CT molecular complexity index is 421. The van der Waals surface area contributed by atoms with Gasteiger partial charge in [-0.15, -0.1) is 0 Å². The van der Waals surface area contributed by atoms with Gasteiger partial charge in [0, 0.05) is 24.0 Å². The van der Waals surface area contributed by atoms with Crippen molar-refractivity contribution >= 4 is 5.91 Å². The van der Waals surface area contributed by atoms with Crippen molar-refractivity contribution in [2.24, 2.45) is 11.7 Å². The average Bonchev–Trinajstić information content (AvgIpc) is 2.75. The predicted molar refractivity (Wildman–Crippen MR) is 78.7 cm³/mol. The van der Waals surface area contributed by atoms with Crippen LogP contribution in [-0.4, -0.2) is 16.0 Å². The van der Waals surface area contributed by atoms with E-state index >= 15 is 0 Å². The first-order valence-corrected chi connectivity index (χ1v) is 6.97. The first-order chi connectivity index (χ1) is 8.75. The first kappa shape index (κ1) is 15.8. The van der Waals surface area contributed by atoms with Crippen LogP contribution in [-0.2, 0) is 11.3 Å². The smallest absolute Gasteiger partial charge is 0.240 e. The Morgan fingerprint density at radius 2 is 2.11 bits per heavy atom. The molecule has 0 aliphatic heterocycles. The lowest BCUT2D eigenvalue weighted by Crippen LogP contribution is -2.44. The summed E-state index contributed by atoms with van der Waals surface area (Å²) < 4.78 is 1.89. The monoisotopic (exact) mass is 265 g/mol. The molecule has 1 unspecified atom stereocenters. The summed E-state index contributed by atoms with van der Waals surface area (Å²) in [5.41, 5.74) is 7.02. The van der Waals surface area contributed by atoms with E-state index < -0.39 is 0 Å². The van der Waals surface area contributed by atoms with Crippen LogP contribution < -0.4 is 11.1 Å². The lowest BCUT2D eigenvalue weighted by Gasteiger charge is -2.24. The van der Waals surface area contributed by atoms with Crippen molar-refractivity contribution in [2.45, 2.75) is 59.2 Å². The molecule has 0 saturated heterocycles. The number of hydrogen-bond acceptors (Lipinski definition) is 2. The molecule has 0 saturated carbocycles. The van der Waals surface area contributed by atoms with Crippen LogP contribution in [0.1, 0.15) is 52.6 Å². The van der Waals surface area contributed by atoms with E-state index in [9.17, 15) is 4.79 Å². The van der Waals surface area contributed by atoms with Crippen molar-refractivity contribution < 1.29 is 4.79 Å². The summed E-state index contributed by atoms with van der Waals surface area (Å²) in [6, 6.07) is 2.01. The zero-order valence-corrected chi connectivity index (χ0v) is 12.7. The second-order valence-electron chi connectivity index (χ2n) is 6.17. The second kappa shape index (κ2) is 6.24. The van der Waals surface area contributed by atoms with Gasteiger partial charge in [0.05, 0.1) is 0 Å². The Morgan fingerprint density at radius 1 is 1.47 bits per heavy atom. The molecular weight excluding hydrogens is 238 g/mol. The molecule has 1 aromatic heterocycles. The van der Waals surface area contributed by atoms with Crippen LogP contribution in [0.5, 0.6) is 0 Å². The first-order valence-electron chi connectivity index (χ1n) is 6.97. The van der Waals surface area contributed by atoms with Crippen molar-refractivity contribution in [2.75, 3.05) is 0 Å². The van der Waals surface area contributed by atoms with E-state index in [1.54, 1.807) is 0 Å². The number of nitrogens with one attached hydrogen (secondary N) is 1. The molecule has 0 bridgehead atoms. The summed E-state index contributed by atoms with van der Waals surface area (Å²) in [4.78, 5) is 11.9. The average molecular weight is 265 g/mol. The van der Waals surface area contributed by atoms with Crippen LogP contribution in [0.3, 0.4) is 0 Å². The lowest BCUT2D eigenvalue weighted by molar-refractivity contribution is -0.123. The molecule has 19 heavy (non-hydrogen) atoms. The summed E-state index contributed by atoms with van der Waals surface area (Å²) >= 11 is 0. The standard InChI is InChI=1S/C15H27N3O/c1-6-15(4,5)17-13(19)10-18-8-7-12(9-18)14(16)11(2)3/h7-9,11,14H,6,10,16H2,1-5H3,(H,17,19). The van der Waals surface area contributed by atoms with E-state index in [-0.39, 0.29) is 17.5 Å². The van der Waals surface area contributed by atoms with Crippen molar-refractivity contribution in [3.63, 3.8) is 0 Å². The fraction of sp³-hybridized carbons (Fsp3) is 0.667. The van der Waals surface area contributed by atoms with Crippen LogP contribution in [0, 0.1) is 5.92 Å². The highest BCUT2D eigenvalue weighted by Crippen LogP contribution is 2.18. The lowest BCUT2D eigenvalue weighted by atomic mass is 10.00. The molecule has 0 fully saturated rings. The van der Waals surface area contributed by atoms with E-state index in [1.165, 1.54) is 0 Å². The van der Waals surface area contributed by atoms with Gasteiger partial charge in [-0.3, -0.25) is 4.79 Å². The second-order valence-corrected chi connectivity index (χ2v) is 6.17. The minimum Gasteiger partial charge on any atom is -0.350 e. The maximum atomic E-state index is 11.9. The van der Waals surface area contributed by atoms with Gasteiger partial charge in [-0.1, -0.05) is 20.8 Å². The van der Waals surface area contributed by atoms with Crippen LogP contribution in [0.2, 0.25) is 0 Å². The van der Waals surface area contributed by atoms with Gasteiger partial charge in [-0.2, -0.15) is 0 Å². The molecule has 1 atom stereocenters. The minimum absolute atomic E-state index is 0.0244. The Morgan fingerprint density at radius 3 is 2.63 bits per heavy atom. The molecule has 0 aliphatic rings. The molecule has 0 aromatic carbocycles. The number of carbonyl (C=O) groups is 1. The molecule has 4 heteroatoms. The van der Waals surface area contributed by atoms with Gasteiger partial charge in [0.15, 0.2) is 0 Å². The van der Waals surface area contributed by atoms with E-state index in [0.29, 0.717) is 12.5 Å². The van der Waals surface area contributed by atoms with Gasteiger partial charge >= 0.3 is 0 Å². The maximum absolute atomic E-state index is 11.9. The third-order valence-electron chi connectivity index (χ3n) is 3.56. The highest BCUT2D eigenvalue weighted by atomic mass is 16.2. The number of carbonyl (C=O) groups excluding carboxylic acids is 1. The number of aromatic nitrogens is 1. The molecule has 3 N–H and O–H groups in total. The van der Waals surface area contributed by atoms with Crippen LogP contribution in [0.15, 0.2) is 18.5 Å². The zero-order chi connectivity index (χ0) is 14.6. The summed E-state index contributed by atoms with van der Waals surface area (Å²) in [5, 5.41) is 3.02. The van der Waals surface area contributed by atoms with Crippen LogP contribution in [0.25, 0.3) is 0 Å². The maximum Gasteiger partial charge on any atom is 0.240 e. The van der Waals surface area contributed by atoms with Gasteiger partial charge in [-0.05, 0) is 37.8 Å². The molecule has 108 valence electrons. The topological polar surface area (TPSA) is 60.0 Å². The molecule has 4 nitrogen and oxygen atoms in total. The summed E-state index contributed by atoms with van der Waals surface area (Å²) in [5.74, 6) is 0.427. The number of amides is 1. The third-order valence-corrected chi connectivity index (χ3v) is 3.56. The van der Waals surface area contributed by atoms with Crippen LogP contribution >= 0.6 is 0 Å². The molecule has 0 aliphatic carbocycles. The summed E-state index contributed by atoms with van der Waals surface area (Å²) in [6.07, 6.45) is 4.78.